The highest BCUT2D eigenvalue weighted by Crippen LogP contribution is 2.24. The summed E-state index contributed by atoms with van der Waals surface area (Å²) in [7, 11) is 0. The van der Waals surface area contributed by atoms with E-state index < -0.39 is 83.1 Å². The fraction of sp³-hybridized carbons (Fsp3) is 0.733. The van der Waals surface area contributed by atoms with E-state index in [1.165, 1.54) is 23.5 Å². The van der Waals surface area contributed by atoms with Gasteiger partial charge in [0, 0.05) is 134 Å². The number of amides is 8. The zero-order valence-corrected chi connectivity index (χ0v) is 54.9. The Hall–Kier alpha value is -6.22. The van der Waals surface area contributed by atoms with Gasteiger partial charge in [0.1, 0.15) is 29.7 Å². The number of rotatable bonds is 23. The van der Waals surface area contributed by atoms with Crippen molar-refractivity contribution in [3.05, 3.63) is 29.6 Å². The topological polar surface area (TPSA) is 397 Å². The Morgan fingerprint density at radius 1 is 0.714 bits per heavy atom. The molecule has 0 radical (unpaired) electrons. The molecule has 1 spiro atoms. The molecular formula is C60H98N14O15S2. The number of carbonyl (C=O) groups excluding carboxylic acids is 8. The van der Waals surface area contributed by atoms with Gasteiger partial charge in [0.25, 0.3) is 0 Å². The van der Waals surface area contributed by atoms with Gasteiger partial charge in [-0.25, -0.2) is 0 Å². The van der Waals surface area contributed by atoms with Crippen molar-refractivity contribution in [2.75, 3.05) is 129 Å². The van der Waals surface area contributed by atoms with E-state index in [0.29, 0.717) is 62.5 Å². The first kappa shape index (κ1) is 75.5. The molecule has 0 aromatic carbocycles. The number of unbranched alkanes of at least 4 members (excludes halogenated alkanes) is 1. The monoisotopic (exact) mass is 1320 g/mol. The van der Waals surface area contributed by atoms with Crippen LogP contribution in [0.4, 0.5) is 0 Å². The number of ether oxygens (including phenoxy) is 1. The SMILES string of the molecule is CC[C@H](C)[C@@H]1NC(=O)[C@H](CC(C)C)NC(=O)C2(CCOCC2)NC(=O)CCSCc2cccc(n2)CSC[C@@H](C(=O)NC2CCN(CC(=O)N[C@@H](CCCCNC(=O)CN3CCN(CC(=O)O)CCN(CC(=O)O)CCN(CC(=O)O)CC3)C(N)=O)CC2)NC1=O. The molecule has 3 fully saturated rings. The molecule has 4 aliphatic rings. The molecule has 5 heterocycles. The molecule has 8 amide bonds. The van der Waals surface area contributed by atoms with Crippen molar-refractivity contribution in [1.82, 2.24) is 66.7 Å². The van der Waals surface area contributed by atoms with E-state index in [2.05, 4.69) is 37.2 Å². The number of hydrogen-bond acceptors (Lipinski definition) is 20. The molecule has 510 valence electrons. The van der Waals surface area contributed by atoms with Crippen LogP contribution in [0.5, 0.6) is 0 Å². The Labute approximate surface area is 541 Å². The summed E-state index contributed by atoms with van der Waals surface area (Å²) in [5.74, 6) is -5.83. The van der Waals surface area contributed by atoms with Gasteiger partial charge in [0.15, 0.2) is 0 Å². The fourth-order valence-corrected chi connectivity index (χ4v) is 13.0. The molecule has 5 rings (SSSR count). The van der Waals surface area contributed by atoms with Crippen molar-refractivity contribution in [3.8, 4) is 0 Å². The van der Waals surface area contributed by atoms with Crippen molar-refractivity contribution in [2.45, 2.75) is 139 Å². The Morgan fingerprint density at radius 2 is 1.25 bits per heavy atom. The van der Waals surface area contributed by atoms with Crippen molar-refractivity contribution in [2.24, 2.45) is 17.6 Å². The summed E-state index contributed by atoms with van der Waals surface area (Å²) >= 11 is 2.95. The molecule has 31 heteroatoms. The van der Waals surface area contributed by atoms with E-state index in [0.717, 1.165) is 11.4 Å². The van der Waals surface area contributed by atoms with Crippen molar-refractivity contribution < 1.29 is 72.8 Å². The molecule has 1 aromatic heterocycles. The molecule has 12 N–H and O–H groups in total. The fourth-order valence-electron chi connectivity index (χ4n) is 11.2. The third-order valence-corrected chi connectivity index (χ3v) is 18.7. The van der Waals surface area contributed by atoms with E-state index in [1.807, 2.05) is 55.7 Å². The smallest absolute Gasteiger partial charge is 0.317 e. The van der Waals surface area contributed by atoms with Crippen LogP contribution in [0.1, 0.15) is 103 Å². The summed E-state index contributed by atoms with van der Waals surface area (Å²) < 4.78 is 5.59. The molecule has 4 aliphatic heterocycles. The van der Waals surface area contributed by atoms with Gasteiger partial charge in [-0.1, -0.05) is 40.2 Å². The van der Waals surface area contributed by atoms with E-state index >= 15 is 0 Å². The van der Waals surface area contributed by atoms with Gasteiger partial charge in [-0.2, -0.15) is 23.5 Å². The van der Waals surface area contributed by atoms with Crippen molar-refractivity contribution in [1.29, 1.82) is 0 Å². The van der Waals surface area contributed by atoms with Gasteiger partial charge < -0.3 is 63.0 Å². The summed E-state index contributed by atoms with van der Waals surface area (Å²) in [4.78, 5) is 158. The van der Waals surface area contributed by atoms with E-state index in [9.17, 15) is 68.1 Å². The molecule has 0 aliphatic carbocycles. The van der Waals surface area contributed by atoms with Gasteiger partial charge in [-0.15, -0.1) is 0 Å². The number of hydrogen-bond donors (Lipinski definition) is 11. The number of carboxylic acids is 3. The van der Waals surface area contributed by atoms with Crippen LogP contribution < -0.4 is 43.0 Å². The van der Waals surface area contributed by atoms with Crippen LogP contribution in [0.3, 0.4) is 0 Å². The van der Waals surface area contributed by atoms with E-state index in [1.54, 1.807) is 14.7 Å². The third kappa shape index (κ3) is 27.9. The predicted octanol–water partition coefficient (Wildman–Crippen LogP) is -1.52. The molecule has 91 heavy (non-hydrogen) atoms. The zero-order chi connectivity index (χ0) is 66.5. The first-order valence-corrected chi connectivity index (χ1v) is 34.0. The van der Waals surface area contributed by atoms with Crippen LogP contribution >= 0.6 is 23.5 Å². The summed E-state index contributed by atoms with van der Waals surface area (Å²) in [6.45, 7) is 10.2. The summed E-state index contributed by atoms with van der Waals surface area (Å²) in [6.07, 6.45) is 3.34. The Balaban J connectivity index is 1.14. The predicted molar refractivity (Wildman–Crippen MR) is 341 cm³/mol. The van der Waals surface area contributed by atoms with Gasteiger partial charge in [-0.3, -0.25) is 82.2 Å². The average Bonchev–Trinajstić information content (AvgIpc) is 0.935. The van der Waals surface area contributed by atoms with Crippen LogP contribution in [0, 0.1) is 11.8 Å². The number of fused-ring (bicyclic) bond motifs is 2. The van der Waals surface area contributed by atoms with Gasteiger partial charge in [-0.05, 0) is 62.5 Å². The normalized spacial score (nSPS) is 22.6. The van der Waals surface area contributed by atoms with Gasteiger partial charge in [0.05, 0.1) is 44.1 Å². The first-order valence-electron chi connectivity index (χ1n) is 31.7. The molecule has 29 nitrogen and oxygen atoms in total. The van der Waals surface area contributed by atoms with E-state index in [-0.39, 0.29) is 172 Å². The Bertz CT molecular complexity index is 2560. The largest absolute Gasteiger partial charge is 0.480 e. The van der Waals surface area contributed by atoms with Crippen molar-refractivity contribution >= 4 is 88.7 Å². The number of nitrogens with two attached hydrogens (primary N) is 1. The lowest BCUT2D eigenvalue weighted by atomic mass is 9.87. The Kier molecular flexibility index (Phi) is 32.7. The second-order valence-electron chi connectivity index (χ2n) is 24.5. The summed E-state index contributed by atoms with van der Waals surface area (Å²) in [5, 5.41) is 49.1. The average molecular weight is 1320 g/mol. The number of likely N-dealkylation sites (tertiary alicyclic amines) is 1. The van der Waals surface area contributed by atoms with Gasteiger partial charge in [0.2, 0.25) is 47.3 Å². The highest BCUT2D eigenvalue weighted by Gasteiger charge is 2.44. The van der Waals surface area contributed by atoms with Crippen LogP contribution in [0.15, 0.2) is 18.2 Å². The molecule has 2 bridgehead atoms. The van der Waals surface area contributed by atoms with E-state index in [4.69, 9.17) is 15.5 Å². The number of nitrogens with one attached hydrogen (secondary N) is 7. The quantitative estimate of drug-likeness (QED) is 0.0554. The number of aromatic nitrogens is 1. The lowest BCUT2D eigenvalue weighted by Crippen LogP contribution is -2.65. The highest BCUT2D eigenvalue weighted by molar-refractivity contribution is 7.98. The number of nitrogens with zero attached hydrogens (tertiary/aromatic N) is 6. The standard InChI is InChI=1S/C60H98N14O15S2/c1-5-41(4)54-58(87)66-47(39-91-38-44-10-8-9-43(63-44)37-90-30-14-48(75)69-60(15-28-89-29-16-60)59(88)67-46(31-40(2)3)56(85)68-54)57(86)64-42-12-18-70(19-13-42)33-50(77)65-45(55(61)84)11-6-7-17-62-49(76)32-71-20-22-72(34-51(78)79)24-26-74(36-53(82)83)27-25-73(23-21-71)35-52(80)81/h8-10,40-42,45-47,54H,5-7,11-39H2,1-4H3,(H2,61,84)(H,62,76)(H,64,86)(H,65,77)(H,66,87)(H,67,88)(H,68,85)(H,69,75)(H,78,79)(H,80,81)(H,82,83)/t41-,45-,46-,47-,54-/m0/s1. The first-order chi connectivity index (χ1) is 43.4. The number of carbonyl (C=O) groups is 11. The molecular weight excluding hydrogens is 1220 g/mol. The maximum absolute atomic E-state index is 14.5. The molecule has 5 atom stereocenters. The van der Waals surface area contributed by atoms with Crippen LogP contribution in [0.2, 0.25) is 0 Å². The zero-order valence-electron chi connectivity index (χ0n) is 53.2. The van der Waals surface area contributed by atoms with Crippen molar-refractivity contribution in [3.63, 3.8) is 0 Å². The number of thioether (sulfide) groups is 2. The van der Waals surface area contributed by atoms with Crippen LogP contribution in [-0.4, -0.2) is 275 Å². The minimum atomic E-state index is -1.30. The second kappa shape index (κ2) is 39.4. The maximum atomic E-state index is 14.5. The molecule has 0 saturated carbocycles. The van der Waals surface area contributed by atoms with Gasteiger partial charge >= 0.3 is 17.9 Å². The number of primary amides is 1. The second-order valence-corrected chi connectivity index (χ2v) is 26.6. The molecule has 1 aromatic rings. The minimum Gasteiger partial charge on any atom is -0.480 e. The summed E-state index contributed by atoms with van der Waals surface area (Å²) in [6, 6.07) is 1.23. The third-order valence-electron chi connectivity index (χ3n) is 16.6. The molecule has 0 unspecified atom stereocenters. The number of pyridine rings is 1. The number of carboxylic acid groups (broad SMARTS) is 3. The lowest BCUT2D eigenvalue weighted by molar-refractivity contribution is -0.140. The number of aliphatic carboxylic acids is 3. The van der Waals surface area contributed by atoms with Crippen LogP contribution in [-0.2, 0) is 69.0 Å². The summed E-state index contributed by atoms with van der Waals surface area (Å²) in [5.41, 5.74) is 6.00. The lowest BCUT2D eigenvalue weighted by Gasteiger charge is -2.38. The Morgan fingerprint density at radius 3 is 1.79 bits per heavy atom. The maximum Gasteiger partial charge on any atom is 0.317 e. The highest BCUT2D eigenvalue weighted by atomic mass is 32.2. The van der Waals surface area contributed by atoms with Crippen LogP contribution in [0.25, 0.3) is 0 Å². The number of piperidine rings is 1. The molecule has 3 saturated heterocycles. The minimum absolute atomic E-state index is 0.0393.